The fourth-order valence-corrected chi connectivity index (χ4v) is 2.20. The molecule has 0 aromatic heterocycles. The van der Waals surface area contributed by atoms with E-state index in [1.807, 2.05) is 36.4 Å². The summed E-state index contributed by atoms with van der Waals surface area (Å²) in [5.41, 5.74) is 2.80. The van der Waals surface area contributed by atoms with Gasteiger partial charge in [-0.25, -0.2) is 0 Å². The van der Waals surface area contributed by atoms with Gasteiger partial charge in [0.05, 0.1) is 12.7 Å². The Morgan fingerprint density at radius 2 is 1.95 bits per heavy atom. The van der Waals surface area contributed by atoms with Gasteiger partial charge in [0.25, 0.3) is 0 Å². The summed E-state index contributed by atoms with van der Waals surface area (Å²) in [5.74, 6) is 0.607. The first-order valence-electron chi connectivity index (χ1n) is 6.70. The Hall–Kier alpha value is -2.02. The lowest BCUT2D eigenvalue weighted by Gasteiger charge is -2.15. The van der Waals surface area contributed by atoms with Crippen molar-refractivity contribution in [3.05, 3.63) is 64.2 Å². The van der Waals surface area contributed by atoms with Gasteiger partial charge in [-0.1, -0.05) is 29.8 Å². The molecule has 21 heavy (non-hydrogen) atoms. The lowest BCUT2D eigenvalue weighted by Crippen LogP contribution is -2.18. The fourth-order valence-electron chi connectivity index (χ4n) is 2.08. The molecule has 0 aliphatic carbocycles. The van der Waals surface area contributed by atoms with Crippen LogP contribution in [0.25, 0.3) is 0 Å². The number of hydrogen-bond acceptors (Lipinski definition) is 3. The first-order chi connectivity index (χ1) is 10.1. The summed E-state index contributed by atoms with van der Waals surface area (Å²) in [6, 6.07) is 15.7. The van der Waals surface area contributed by atoms with Gasteiger partial charge in [-0.15, -0.1) is 0 Å². The number of halogens is 1. The summed E-state index contributed by atoms with van der Waals surface area (Å²) in [6.45, 7) is 2.80. The summed E-state index contributed by atoms with van der Waals surface area (Å²) in [7, 11) is 1.57. The van der Waals surface area contributed by atoms with Crippen molar-refractivity contribution < 1.29 is 4.74 Å². The Kier molecular flexibility index (Phi) is 5.21. The van der Waals surface area contributed by atoms with Crippen molar-refractivity contribution in [2.45, 2.75) is 19.5 Å². The molecule has 1 N–H and O–H groups in total. The summed E-state index contributed by atoms with van der Waals surface area (Å²) < 4.78 is 5.22. The number of benzene rings is 2. The zero-order chi connectivity index (χ0) is 15.2. The van der Waals surface area contributed by atoms with E-state index in [9.17, 15) is 0 Å². The van der Waals surface area contributed by atoms with Gasteiger partial charge in [-0.05, 0) is 42.3 Å². The molecule has 0 radical (unpaired) electrons. The highest BCUT2D eigenvalue weighted by Gasteiger charge is 2.07. The molecular formula is C17H17ClN2O. The van der Waals surface area contributed by atoms with Gasteiger partial charge >= 0.3 is 0 Å². The topological polar surface area (TPSA) is 45.0 Å². The van der Waals surface area contributed by atoms with Gasteiger partial charge in [-0.2, -0.15) is 5.26 Å². The average Bonchev–Trinajstić information content (AvgIpc) is 2.52. The van der Waals surface area contributed by atoms with E-state index >= 15 is 0 Å². The number of nitrogens with one attached hydrogen (secondary N) is 1. The van der Waals surface area contributed by atoms with Gasteiger partial charge in [0.15, 0.2) is 0 Å². The van der Waals surface area contributed by atoms with E-state index in [4.69, 9.17) is 21.6 Å². The standard InChI is InChI=1S/C17H17ClN2O/c1-12(14-5-7-16(18)8-6-14)20-11-13-3-4-15(10-19)17(9-13)21-2/h3-9,12,20H,11H2,1-2H3/t12-/m1/s1. The zero-order valence-electron chi connectivity index (χ0n) is 12.1. The van der Waals surface area contributed by atoms with Crippen molar-refractivity contribution >= 4 is 11.6 Å². The van der Waals surface area contributed by atoms with E-state index in [1.54, 1.807) is 13.2 Å². The van der Waals surface area contributed by atoms with Crippen LogP contribution >= 0.6 is 11.6 Å². The maximum atomic E-state index is 8.97. The van der Waals surface area contributed by atoms with Crippen LogP contribution in [0, 0.1) is 11.3 Å². The number of nitrogens with zero attached hydrogens (tertiary/aromatic N) is 1. The van der Waals surface area contributed by atoms with Crippen LogP contribution in [0.5, 0.6) is 5.75 Å². The Morgan fingerprint density at radius 1 is 1.24 bits per heavy atom. The second-order valence-electron chi connectivity index (χ2n) is 4.80. The first kappa shape index (κ1) is 15.4. The molecular weight excluding hydrogens is 284 g/mol. The Balaban J connectivity index is 2.02. The van der Waals surface area contributed by atoms with Crippen molar-refractivity contribution in [3.63, 3.8) is 0 Å². The van der Waals surface area contributed by atoms with E-state index in [1.165, 1.54) is 5.56 Å². The van der Waals surface area contributed by atoms with Gasteiger partial charge in [0, 0.05) is 17.6 Å². The number of rotatable bonds is 5. The molecule has 3 nitrogen and oxygen atoms in total. The van der Waals surface area contributed by atoms with Gasteiger partial charge < -0.3 is 10.1 Å². The first-order valence-corrected chi connectivity index (χ1v) is 7.07. The number of methoxy groups -OCH3 is 1. The Morgan fingerprint density at radius 3 is 2.57 bits per heavy atom. The quantitative estimate of drug-likeness (QED) is 0.905. The minimum Gasteiger partial charge on any atom is -0.495 e. The van der Waals surface area contributed by atoms with Crippen LogP contribution in [0.1, 0.15) is 29.7 Å². The van der Waals surface area contributed by atoms with E-state index in [0.29, 0.717) is 17.9 Å². The molecule has 0 saturated heterocycles. The summed E-state index contributed by atoms with van der Waals surface area (Å²) in [6.07, 6.45) is 0. The van der Waals surface area contributed by atoms with E-state index in [2.05, 4.69) is 18.3 Å². The van der Waals surface area contributed by atoms with E-state index < -0.39 is 0 Å². The smallest absolute Gasteiger partial charge is 0.136 e. The summed E-state index contributed by atoms with van der Waals surface area (Å²) >= 11 is 5.89. The molecule has 0 fully saturated rings. The molecule has 0 heterocycles. The molecule has 0 aliphatic heterocycles. The number of ether oxygens (including phenoxy) is 1. The maximum absolute atomic E-state index is 8.97. The predicted molar refractivity (Wildman–Crippen MR) is 84.4 cm³/mol. The minimum absolute atomic E-state index is 0.212. The van der Waals surface area contributed by atoms with Gasteiger partial charge in [0.2, 0.25) is 0 Å². The highest BCUT2D eigenvalue weighted by molar-refractivity contribution is 6.30. The minimum atomic E-state index is 0.212. The molecule has 108 valence electrons. The van der Waals surface area contributed by atoms with Crippen molar-refractivity contribution in [1.29, 1.82) is 5.26 Å². The molecule has 0 aliphatic rings. The average molecular weight is 301 g/mol. The number of hydrogen-bond donors (Lipinski definition) is 1. The van der Waals surface area contributed by atoms with Crippen LogP contribution in [0.2, 0.25) is 5.02 Å². The van der Waals surface area contributed by atoms with Crippen molar-refractivity contribution in [2.24, 2.45) is 0 Å². The molecule has 1 atom stereocenters. The molecule has 2 rings (SSSR count). The molecule has 0 spiro atoms. The third-order valence-corrected chi connectivity index (χ3v) is 3.62. The third kappa shape index (κ3) is 3.98. The van der Waals surface area contributed by atoms with E-state index in [0.717, 1.165) is 10.6 Å². The molecule has 0 amide bonds. The molecule has 0 saturated carbocycles. The molecule has 4 heteroatoms. The zero-order valence-corrected chi connectivity index (χ0v) is 12.8. The van der Waals surface area contributed by atoms with Crippen molar-refractivity contribution in [2.75, 3.05) is 7.11 Å². The highest BCUT2D eigenvalue weighted by Crippen LogP contribution is 2.20. The Labute approximate surface area is 130 Å². The summed E-state index contributed by atoms with van der Waals surface area (Å²) in [5, 5.41) is 13.2. The predicted octanol–water partition coefficient (Wildman–Crippen LogP) is 4.07. The largest absolute Gasteiger partial charge is 0.495 e. The lowest BCUT2D eigenvalue weighted by molar-refractivity contribution is 0.412. The normalized spacial score (nSPS) is 11.7. The maximum Gasteiger partial charge on any atom is 0.136 e. The van der Waals surface area contributed by atoms with E-state index in [-0.39, 0.29) is 6.04 Å². The highest BCUT2D eigenvalue weighted by atomic mass is 35.5. The van der Waals surface area contributed by atoms with Gasteiger partial charge in [0.1, 0.15) is 11.8 Å². The fraction of sp³-hybridized carbons (Fsp3) is 0.235. The SMILES string of the molecule is COc1cc(CN[C@H](C)c2ccc(Cl)cc2)ccc1C#N. The van der Waals surface area contributed by atoms with Crippen LogP contribution in [-0.2, 0) is 6.54 Å². The van der Waals surface area contributed by atoms with Crippen LogP contribution in [-0.4, -0.2) is 7.11 Å². The molecule has 2 aromatic rings. The summed E-state index contributed by atoms with van der Waals surface area (Å²) in [4.78, 5) is 0. The van der Waals surface area contributed by atoms with Crippen LogP contribution in [0.4, 0.5) is 0 Å². The van der Waals surface area contributed by atoms with Crippen molar-refractivity contribution in [3.8, 4) is 11.8 Å². The second kappa shape index (κ2) is 7.12. The van der Waals surface area contributed by atoms with Crippen LogP contribution in [0.3, 0.4) is 0 Å². The second-order valence-corrected chi connectivity index (χ2v) is 5.24. The number of nitriles is 1. The molecule has 0 unspecified atom stereocenters. The lowest BCUT2D eigenvalue weighted by atomic mass is 10.1. The van der Waals surface area contributed by atoms with Crippen LogP contribution in [0.15, 0.2) is 42.5 Å². The van der Waals surface area contributed by atoms with Gasteiger partial charge in [-0.3, -0.25) is 0 Å². The monoisotopic (exact) mass is 300 g/mol. The third-order valence-electron chi connectivity index (χ3n) is 3.37. The van der Waals surface area contributed by atoms with Crippen molar-refractivity contribution in [1.82, 2.24) is 5.32 Å². The molecule has 2 aromatic carbocycles. The Bertz CT molecular complexity index is 647. The van der Waals surface area contributed by atoms with Crippen LogP contribution < -0.4 is 10.1 Å². The molecule has 0 bridgehead atoms.